The van der Waals surface area contributed by atoms with Crippen LogP contribution >= 0.6 is 0 Å². The lowest BCUT2D eigenvalue weighted by atomic mass is 10.2. The lowest BCUT2D eigenvalue weighted by Gasteiger charge is -2.10. The maximum atomic E-state index is 11.7. The van der Waals surface area contributed by atoms with E-state index in [9.17, 15) is 9.59 Å². The molecule has 0 spiro atoms. The van der Waals surface area contributed by atoms with E-state index >= 15 is 0 Å². The molecule has 1 amide bonds. The van der Waals surface area contributed by atoms with Gasteiger partial charge in [0.15, 0.2) is 0 Å². The molecule has 0 aliphatic carbocycles. The molecule has 2 heterocycles. The number of rotatable bonds is 4. The van der Waals surface area contributed by atoms with Crippen LogP contribution in [0.2, 0.25) is 0 Å². The van der Waals surface area contributed by atoms with Crippen LogP contribution in [0.15, 0.2) is 18.3 Å². The molecule has 0 aromatic carbocycles. The van der Waals surface area contributed by atoms with Crippen molar-refractivity contribution in [2.45, 2.75) is 25.4 Å². The van der Waals surface area contributed by atoms with E-state index in [0.29, 0.717) is 6.54 Å². The van der Waals surface area contributed by atoms with Crippen LogP contribution in [0, 0.1) is 0 Å². The minimum Gasteiger partial charge on any atom is -0.477 e. The molecule has 6 nitrogen and oxygen atoms in total. The van der Waals surface area contributed by atoms with Crippen molar-refractivity contribution in [1.29, 1.82) is 0 Å². The van der Waals surface area contributed by atoms with E-state index in [1.165, 1.54) is 12.3 Å². The predicted octanol–water partition coefficient (Wildman–Crippen LogP) is 0.148. The van der Waals surface area contributed by atoms with Gasteiger partial charge in [-0.15, -0.1) is 0 Å². The summed E-state index contributed by atoms with van der Waals surface area (Å²) >= 11 is 0. The Morgan fingerprint density at radius 3 is 2.89 bits per heavy atom. The smallest absolute Gasteiger partial charge is 0.354 e. The van der Waals surface area contributed by atoms with Gasteiger partial charge in [-0.1, -0.05) is 6.07 Å². The minimum atomic E-state index is -1.05. The van der Waals surface area contributed by atoms with Gasteiger partial charge in [0.25, 0.3) is 0 Å². The molecular weight excluding hydrogens is 234 g/mol. The largest absolute Gasteiger partial charge is 0.477 e. The van der Waals surface area contributed by atoms with Crippen molar-refractivity contribution in [1.82, 2.24) is 15.6 Å². The molecule has 1 aromatic rings. The standard InChI is InChI=1S/C12H15N3O3/c16-11(9-2-1-5-13-9)15-7-8-3-4-10(12(17)18)14-6-8/h3-4,6,9,13H,1-2,5,7H2,(H,15,16)(H,17,18). The monoisotopic (exact) mass is 249 g/mol. The van der Waals surface area contributed by atoms with Crippen molar-refractivity contribution in [3.63, 3.8) is 0 Å². The number of nitrogens with zero attached hydrogens (tertiary/aromatic N) is 1. The lowest BCUT2D eigenvalue weighted by molar-refractivity contribution is -0.122. The third-order valence-electron chi connectivity index (χ3n) is 2.89. The fraction of sp³-hybridized carbons (Fsp3) is 0.417. The normalized spacial score (nSPS) is 18.6. The molecule has 3 N–H and O–H groups in total. The SMILES string of the molecule is O=C(O)c1ccc(CNC(=O)C2CCCN2)cn1. The van der Waals surface area contributed by atoms with Crippen LogP contribution in [0.1, 0.15) is 28.9 Å². The average Bonchev–Trinajstić information content (AvgIpc) is 2.90. The second kappa shape index (κ2) is 5.59. The van der Waals surface area contributed by atoms with Crippen LogP contribution in [0.3, 0.4) is 0 Å². The Kier molecular flexibility index (Phi) is 3.88. The van der Waals surface area contributed by atoms with Crippen molar-refractivity contribution >= 4 is 11.9 Å². The number of carbonyl (C=O) groups excluding carboxylic acids is 1. The highest BCUT2D eigenvalue weighted by Crippen LogP contribution is 2.05. The van der Waals surface area contributed by atoms with Crippen LogP contribution in [-0.2, 0) is 11.3 Å². The van der Waals surface area contributed by atoms with Crippen molar-refractivity contribution in [2.75, 3.05) is 6.54 Å². The number of hydrogen-bond donors (Lipinski definition) is 3. The van der Waals surface area contributed by atoms with Crippen LogP contribution in [-0.4, -0.2) is 34.6 Å². The van der Waals surface area contributed by atoms with Crippen molar-refractivity contribution in [2.24, 2.45) is 0 Å². The van der Waals surface area contributed by atoms with Gasteiger partial charge in [0.2, 0.25) is 5.91 Å². The topological polar surface area (TPSA) is 91.3 Å². The average molecular weight is 249 g/mol. The third kappa shape index (κ3) is 3.04. The molecule has 6 heteroatoms. The number of aromatic carboxylic acids is 1. The second-order valence-corrected chi connectivity index (χ2v) is 4.22. The predicted molar refractivity (Wildman–Crippen MR) is 64.1 cm³/mol. The maximum absolute atomic E-state index is 11.7. The van der Waals surface area contributed by atoms with Gasteiger partial charge in [-0.05, 0) is 31.0 Å². The number of aromatic nitrogens is 1. The van der Waals surface area contributed by atoms with E-state index in [0.717, 1.165) is 24.9 Å². The number of carbonyl (C=O) groups is 2. The third-order valence-corrected chi connectivity index (χ3v) is 2.89. The van der Waals surface area contributed by atoms with Crippen LogP contribution in [0.4, 0.5) is 0 Å². The Labute approximate surface area is 104 Å². The quantitative estimate of drug-likeness (QED) is 0.706. The van der Waals surface area contributed by atoms with Crippen LogP contribution < -0.4 is 10.6 Å². The zero-order valence-corrected chi connectivity index (χ0v) is 9.85. The Morgan fingerprint density at radius 2 is 2.33 bits per heavy atom. The molecule has 1 aromatic heterocycles. The zero-order chi connectivity index (χ0) is 13.0. The number of carboxylic acid groups (broad SMARTS) is 1. The summed E-state index contributed by atoms with van der Waals surface area (Å²) in [6.07, 6.45) is 3.35. The summed E-state index contributed by atoms with van der Waals surface area (Å²) in [7, 11) is 0. The molecule has 96 valence electrons. The van der Waals surface area contributed by atoms with E-state index < -0.39 is 5.97 Å². The minimum absolute atomic E-state index is 0.00235. The number of pyridine rings is 1. The van der Waals surface area contributed by atoms with Gasteiger partial charge in [-0.3, -0.25) is 4.79 Å². The molecule has 18 heavy (non-hydrogen) atoms. The summed E-state index contributed by atoms with van der Waals surface area (Å²) in [4.78, 5) is 26.1. The maximum Gasteiger partial charge on any atom is 0.354 e. The molecule has 1 fully saturated rings. The highest BCUT2D eigenvalue weighted by atomic mass is 16.4. The second-order valence-electron chi connectivity index (χ2n) is 4.22. The first-order valence-electron chi connectivity index (χ1n) is 5.86. The van der Waals surface area contributed by atoms with Gasteiger partial charge >= 0.3 is 5.97 Å². The lowest BCUT2D eigenvalue weighted by Crippen LogP contribution is -2.40. The first-order chi connectivity index (χ1) is 8.66. The molecule has 1 aliphatic rings. The fourth-order valence-corrected chi connectivity index (χ4v) is 1.88. The van der Waals surface area contributed by atoms with Gasteiger partial charge in [-0.2, -0.15) is 0 Å². The van der Waals surface area contributed by atoms with E-state index in [1.54, 1.807) is 6.07 Å². The Bertz CT molecular complexity index is 438. The molecule has 1 atom stereocenters. The fourth-order valence-electron chi connectivity index (χ4n) is 1.88. The number of nitrogens with one attached hydrogen (secondary N) is 2. The molecule has 0 radical (unpaired) electrons. The number of carboxylic acids is 1. The summed E-state index contributed by atoms with van der Waals surface area (Å²) in [5, 5.41) is 14.6. The van der Waals surface area contributed by atoms with E-state index in [2.05, 4.69) is 15.6 Å². The van der Waals surface area contributed by atoms with E-state index in [1.807, 2.05) is 0 Å². The summed E-state index contributed by atoms with van der Waals surface area (Å²) in [5.74, 6) is -1.07. The van der Waals surface area contributed by atoms with Gasteiger partial charge in [0, 0.05) is 12.7 Å². The Morgan fingerprint density at radius 1 is 1.50 bits per heavy atom. The van der Waals surface area contributed by atoms with Gasteiger partial charge in [0.1, 0.15) is 5.69 Å². The van der Waals surface area contributed by atoms with Crippen molar-refractivity contribution < 1.29 is 14.7 Å². The van der Waals surface area contributed by atoms with Gasteiger partial charge < -0.3 is 15.7 Å². The highest BCUT2D eigenvalue weighted by Gasteiger charge is 2.21. The molecule has 1 saturated heterocycles. The summed E-state index contributed by atoms with van der Waals surface area (Å²) < 4.78 is 0. The first kappa shape index (κ1) is 12.5. The number of hydrogen-bond acceptors (Lipinski definition) is 4. The van der Waals surface area contributed by atoms with E-state index in [4.69, 9.17) is 5.11 Å². The van der Waals surface area contributed by atoms with E-state index in [-0.39, 0.29) is 17.6 Å². The molecule has 1 aliphatic heterocycles. The molecule has 1 unspecified atom stereocenters. The van der Waals surface area contributed by atoms with Gasteiger partial charge in [-0.25, -0.2) is 9.78 Å². The van der Waals surface area contributed by atoms with Crippen LogP contribution in [0.5, 0.6) is 0 Å². The van der Waals surface area contributed by atoms with Gasteiger partial charge in [0.05, 0.1) is 6.04 Å². The summed E-state index contributed by atoms with van der Waals surface area (Å²) in [6.45, 7) is 1.25. The Hall–Kier alpha value is -1.95. The highest BCUT2D eigenvalue weighted by molar-refractivity contribution is 5.85. The number of amides is 1. The Balaban J connectivity index is 1.86. The van der Waals surface area contributed by atoms with Crippen molar-refractivity contribution in [3.8, 4) is 0 Å². The van der Waals surface area contributed by atoms with Crippen LogP contribution in [0.25, 0.3) is 0 Å². The molecule has 2 rings (SSSR count). The van der Waals surface area contributed by atoms with Crippen molar-refractivity contribution in [3.05, 3.63) is 29.6 Å². The molecule has 0 bridgehead atoms. The molecule has 0 saturated carbocycles. The first-order valence-corrected chi connectivity index (χ1v) is 5.86. The summed E-state index contributed by atoms with van der Waals surface area (Å²) in [6, 6.07) is 2.98. The zero-order valence-electron chi connectivity index (χ0n) is 9.85. The molecular formula is C12H15N3O3. The summed E-state index contributed by atoms with van der Waals surface area (Å²) in [5.41, 5.74) is 0.786.